The zero-order chi connectivity index (χ0) is 32.4. The Hall–Kier alpha value is -4.65. The first-order valence-corrected chi connectivity index (χ1v) is 14.6. The Morgan fingerprint density at radius 1 is 1.04 bits per heavy atom. The minimum Gasteiger partial charge on any atom is -0.298 e. The number of nitrogens with zero attached hydrogens (tertiary/aromatic N) is 6. The number of hydrogen-bond acceptors (Lipinski definition) is 6. The third-order valence-corrected chi connectivity index (χ3v) is 7.41. The Kier molecular flexibility index (Phi) is 9.01. The molecule has 0 bridgehead atoms. The molecule has 1 aliphatic carbocycles. The van der Waals surface area contributed by atoms with E-state index >= 15 is 0 Å². The van der Waals surface area contributed by atoms with Gasteiger partial charge in [-0.25, -0.2) is 4.79 Å². The van der Waals surface area contributed by atoms with Crippen LogP contribution in [0.1, 0.15) is 67.1 Å². The Morgan fingerprint density at radius 3 is 2.24 bits per heavy atom. The lowest BCUT2D eigenvalue weighted by Gasteiger charge is -2.35. The number of aryl methyl sites for hydroxylation is 1. The number of nitrogens with one attached hydrogen (secondary N) is 1. The fourth-order valence-electron chi connectivity index (χ4n) is 4.82. The molecule has 0 spiro atoms. The van der Waals surface area contributed by atoms with Crippen LogP contribution in [0.4, 0.5) is 23.7 Å². The van der Waals surface area contributed by atoms with Crippen molar-refractivity contribution in [3.63, 3.8) is 0 Å². The first-order valence-electron chi connectivity index (χ1n) is 14.6. The molecule has 1 unspecified atom stereocenters. The van der Waals surface area contributed by atoms with Crippen LogP contribution in [-0.4, -0.2) is 48.7 Å². The van der Waals surface area contributed by atoms with Gasteiger partial charge < -0.3 is 0 Å². The summed E-state index contributed by atoms with van der Waals surface area (Å²) in [6.07, 6.45) is -1.28. The Morgan fingerprint density at radius 2 is 1.69 bits per heavy atom. The lowest BCUT2D eigenvalue weighted by atomic mass is 10.1. The van der Waals surface area contributed by atoms with Gasteiger partial charge in [0.15, 0.2) is 11.4 Å². The molecule has 1 N–H and O–H groups in total. The van der Waals surface area contributed by atoms with Crippen molar-refractivity contribution in [2.24, 2.45) is 13.0 Å². The standard InChI is InChI=1S/C32H36F3N7O3/c1-31(2,3)40(20-23-11-7-5-8-12-23)30(44)45-42-26(17-27(38-42)32(33,34)35)29(43)41(25-13-9-6-10-14-25)28(36-18-22-15-16-22)24-19-37-39(4)21-24/h5-14,17,19,21-22,28,36H,15-16,18,20H2,1-4H3. The van der Waals surface area contributed by atoms with Crippen molar-refractivity contribution in [2.45, 2.75) is 58.0 Å². The third-order valence-electron chi connectivity index (χ3n) is 7.41. The molecule has 4 aromatic rings. The predicted molar refractivity (Wildman–Crippen MR) is 161 cm³/mol. The van der Waals surface area contributed by atoms with Gasteiger partial charge in [-0.05, 0) is 57.2 Å². The normalized spacial score (nSPS) is 14.2. The molecule has 5 rings (SSSR count). The van der Waals surface area contributed by atoms with Crippen molar-refractivity contribution in [3.05, 3.63) is 102 Å². The molecule has 2 amide bonds. The Balaban J connectivity index is 1.55. The molecule has 1 fully saturated rings. The molecular weight excluding hydrogens is 587 g/mol. The summed E-state index contributed by atoms with van der Waals surface area (Å²) in [5.41, 5.74) is -0.917. The van der Waals surface area contributed by atoms with Crippen LogP contribution >= 0.6 is 0 Å². The van der Waals surface area contributed by atoms with E-state index in [0.717, 1.165) is 18.4 Å². The molecule has 238 valence electrons. The van der Waals surface area contributed by atoms with Crippen molar-refractivity contribution < 1.29 is 27.6 Å². The molecule has 1 aliphatic rings. The Labute approximate surface area is 259 Å². The van der Waals surface area contributed by atoms with Gasteiger partial charge >= 0.3 is 12.3 Å². The maximum Gasteiger partial charge on any atom is 0.436 e. The van der Waals surface area contributed by atoms with E-state index in [2.05, 4.69) is 15.5 Å². The van der Waals surface area contributed by atoms with E-state index in [0.29, 0.717) is 34.6 Å². The van der Waals surface area contributed by atoms with Gasteiger partial charge in [0.1, 0.15) is 6.17 Å². The molecule has 2 aromatic heterocycles. The van der Waals surface area contributed by atoms with Crippen LogP contribution in [0.25, 0.3) is 0 Å². The number of benzene rings is 2. The average molecular weight is 624 g/mol. The highest BCUT2D eigenvalue weighted by molar-refractivity contribution is 6.05. The molecule has 0 radical (unpaired) electrons. The fourth-order valence-corrected chi connectivity index (χ4v) is 4.82. The number of anilines is 1. The van der Waals surface area contributed by atoms with E-state index < -0.39 is 41.3 Å². The minimum absolute atomic E-state index is 0.115. The molecule has 1 saturated carbocycles. The van der Waals surface area contributed by atoms with E-state index in [1.807, 2.05) is 30.3 Å². The fraction of sp³-hybridized carbons (Fsp3) is 0.375. The maximum absolute atomic E-state index is 14.5. The van der Waals surface area contributed by atoms with Gasteiger partial charge in [0.25, 0.3) is 5.91 Å². The lowest BCUT2D eigenvalue weighted by molar-refractivity contribution is -0.142. The van der Waals surface area contributed by atoms with E-state index in [4.69, 9.17) is 4.84 Å². The van der Waals surface area contributed by atoms with Crippen LogP contribution < -0.4 is 15.1 Å². The summed E-state index contributed by atoms with van der Waals surface area (Å²) in [5, 5.41) is 11.2. The van der Waals surface area contributed by atoms with Gasteiger partial charge in [-0.2, -0.15) is 18.3 Å². The van der Waals surface area contributed by atoms with Gasteiger partial charge in [-0.3, -0.25) is 29.4 Å². The molecule has 2 aromatic carbocycles. The zero-order valence-corrected chi connectivity index (χ0v) is 25.5. The molecule has 13 heteroatoms. The number of para-hydroxylation sites is 1. The second-order valence-corrected chi connectivity index (χ2v) is 12.1. The van der Waals surface area contributed by atoms with Crippen LogP contribution in [-0.2, 0) is 19.8 Å². The summed E-state index contributed by atoms with van der Waals surface area (Å²) in [7, 11) is 1.73. The maximum atomic E-state index is 14.5. The lowest BCUT2D eigenvalue weighted by Crippen LogP contribution is -2.49. The second kappa shape index (κ2) is 12.8. The highest BCUT2D eigenvalue weighted by Gasteiger charge is 2.40. The summed E-state index contributed by atoms with van der Waals surface area (Å²) in [4.78, 5) is 36.6. The summed E-state index contributed by atoms with van der Waals surface area (Å²) in [5.74, 6) is -0.437. The SMILES string of the molecule is Cn1cc(C(NCC2CC2)N(C(=O)c2cc(C(F)(F)F)nn2OC(=O)N(Cc2ccccc2)C(C)(C)C)c2ccccc2)cn1. The minimum atomic E-state index is -4.91. The zero-order valence-electron chi connectivity index (χ0n) is 25.5. The summed E-state index contributed by atoms with van der Waals surface area (Å²) >= 11 is 0. The van der Waals surface area contributed by atoms with E-state index in [1.165, 1.54) is 9.80 Å². The van der Waals surface area contributed by atoms with Gasteiger partial charge in [-0.15, -0.1) is 5.10 Å². The van der Waals surface area contributed by atoms with Gasteiger partial charge in [0.2, 0.25) is 0 Å². The molecule has 10 nitrogen and oxygen atoms in total. The van der Waals surface area contributed by atoms with Gasteiger partial charge in [0, 0.05) is 49.2 Å². The van der Waals surface area contributed by atoms with Crippen molar-refractivity contribution in [1.82, 2.24) is 29.9 Å². The Bertz CT molecular complexity index is 1610. The first kappa shape index (κ1) is 31.8. The highest BCUT2D eigenvalue weighted by Crippen LogP contribution is 2.33. The number of rotatable bonds is 10. The molecule has 0 aliphatic heterocycles. The van der Waals surface area contributed by atoms with Crippen molar-refractivity contribution in [1.29, 1.82) is 0 Å². The summed E-state index contributed by atoms with van der Waals surface area (Å²) in [6, 6.07) is 18.3. The first-order chi connectivity index (χ1) is 21.3. The van der Waals surface area contributed by atoms with Crippen LogP contribution in [0.15, 0.2) is 79.1 Å². The monoisotopic (exact) mass is 623 g/mol. The highest BCUT2D eigenvalue weighted by atomic mass is 19.4. The number of aromatic nitrogens is 4. The topological polar surface area (TPSA) is 97.5 Å². The number of amides is 2. The quantitative estimate of drug-likeness (QED) is 0.223. The summed E-state index contributed by atoms with van der Waals surface area (Å²) < 4.78 is 43.6. The third kappa shape index (κ3) is 7.72. The van der Waals surface area contributed by atoms with E-state index in [1.54, 1.807) is 75.2 Å². The average Bonchev–Trinajstić information content (AvgIpc) is 3.56. The van der Waals surface area contributed by atoms with Gasteiger partial charge in [-0.1, -0.05) is 53.4 Å². The second-order valence-electron chi connectivity index (χ2n) is 12.1. The van der Waals surface area contributed by atoms with Crippen LogP contribution in [0.3, 0.4) is 0 Å². The predicted octanol–water partition coefficient (Wildman–Crippen LogP) is 5.83. The largest absolute Gasteiger partial charge is 0.436 e. The molecule has 1 atom stereocenters. The van der Waals surface area contributed by atoms with E-state index in [-0.39, 0.29) is 6.54 Å². The molecule has 45 heavy (non-hydrogen) atoms. The smallest absolute Gasteiger partial charge is 0.298 e. The molecule has 2 heterocycles. The number of halogens is 3. The number of hydrogen-bond donors (Lipinski definition) is 1. The van der Waals surface area contributed by atoms with Gasteiger partial charge in [0.05, 0.1) is 6.20 Å². The number of alkyl halides is 3. The van der Waals surface area contributed by atoms with E-state index in [9.17, 15) is 22.8 Å². The number of carbonyl (C=O) groups is 2. The molecular formula is C32H36F3N7O3. The van der Waals surface area contributed by atoms with Crippen LogP contribution in [0.2, 0.25) is 0 Å². The van der Waals surface area contributed by atoms with Crippen LogP contribution in [0, 0.1) is 5.92 Å². The number of carbonyl (C=O) groups excluding carboxylic acids is 2. The van der Waals surface area contributed by atoms with Crippen molar-refractivity contribution >= 4 is 17.7 Å². The summed E-state index contributed by atoms with van der Waals surface area (Å²) in [6.45, 7) is 6.01. The molecule has 0 saturated heterocycles. The van der Waals surface area contributed by atoms with Crippen molar-refractivity contribution in [3.8, 4) is 0 Å². The van der Waals surface area contributed by atoms with Crippen molar-refractivity contribution in [2.75, 3.05) is 11.4 Å². The van der Waals surface area contributed by atoms with Crippen LogP contribution in [0.5, 0.6) is 0 Å².